The Hall–Kier alpha value is -3.24. The van der Waals surface area contributed by atoms with Crippen molar-refractivity contribution in [3.8, 4) is 17.3 Å². The summed E-state index contributed by atoms with van der Waals surface area (Å²) in [6.45, 7) is 9.38. The topological polar surface area (TPSA) is 83.9 Å². The third kappa shape index (κ3) is 5.16. The number of hydrogen-bond donors (Lipinski definition) is 0. The maximum atomic E-state index is 16.3. The average Bonchev–Trinajstić information content (AvgIpc) is 3.62. The average molecular weight is 609 g/mol. The second-order valence-electron chi connectivity index (χ2n) is 13.4. The fourth-order valence-electron chi connectivity index (χ4n) is 7.52. The van der Waals surface area contributed by atoms with Crippen LogP contribution in [0.3, 0.4) is 0 Å². The molecule has 4 aliphatic rings. The Morgan fingerprint density at radius 1 is 1.09 bits per heavy atom. The number of amides is 1. The minimum Gasteiger partial charge on any atom is -0.461 e. The molecule has 1 amide bonds. The molecule has 4 saturated heterocycles. The van der Waals surface area contributed by atoms with Gasteiger partial charge in [-0.3, -0.25) is 14.8 Å². The summed E-state index contributed by atoms with van der Waals surface area (Å²) in [5.74, 6) is 0.0148. The van der Waals surface area contributed by atoms with Crippen LogP contribution < -0.4 is 9.64 Å². The lowest BCUT2D eigenvalue weighted by Gasteiger charge is -2.42. The van der Waals surface area contributed by atoms with Gasteiger partial charge >= 0.3 is 12.1 Å². The number of anilines is 1. The van der Waals surface area contributed by atoms with E-state index in [2.05, 4.69) is 19.8 Å². The second kappa shape index (κ2) is 10.7. The molecule has 0 saturated carbocycles. The molecular formula is C32H38ClFN6O3. The fraction of sp³-hybridized carbons (Fsp3) is 0.562. The Morgan fingerprint density at radius 3 is 2.47 bits per heavy atom. The van der Waals surface area contributed by atoms with Gasteiger partial charge < -0.3 is 14.4 Å². The molecule has 6 heterocycles. The lowest BCUT2D eigenvalue weighted by molar-refractivity contribution is 0.0122. The normalized spacial score (nSPS) is 23.2. The molecule has 2 unspecified atom stereocenters. The first kappa shape index (κ1) is 28.5. The van der Waals surface area contributed by atoms with E-state index in [0.29, 0.717) is 41.5 Å². The van der Waals surface area contributed by atoms with Crippen LogP contribution in [0.25, 0.3) is 22.2 Å². The molecule has 2 aromatic heterocycles. The van der Waals surface area contributed by atoms with Gasteiger partial charge in [0.25, 0.3) is 0 Å². The summed E-state index contributed by atoms with van der Waals surface area (Å²) < 4.78 is 28.4. The van der Waals surface area contributed by atoms with Gasteiger partial charge in [0.05, 0.1) is 28.0 Å². The minimum absolute atomic E-state index is 0.00383. The van der Waals surface area contributed by atoms with Gasteiger partial charge in [-0.1, -0.05) is 29.8 Å². The van der Waals surface area contributed by atoms with Crippen LogP contribution in [0, 0.1) is 5.82 Å². The summed E-state index contributed by atoms with van der Waals surface area (Å²) in [6, 6.07) is 7.17. The van der Waals surface area contributed by atoms with E-state index in [0.717, 1.165) is 51.6 Å². The van der Waals surface area contributed by atoms with E-state index >= 15 is 4.39 Å². The van der Waals surface area contributed by atoms with Crippen molar-refractivity contribution in [2.45, 2.75) is 82.5 Å². The first-order valence-corrected chi connectivity index (χ1v) is 15.7. The third-order valence-electron chi connectivity index (χ3n) is 9.44. The van der Waals surface area contributed by atoms with E-state index in [-0.39, 0.29) is 40.9 Å². The Labute approximate surface area is 256 Å². The van der Waals surface area contributed by atoms with Gasteiger partial charge in [-0.25, -0.2) is 9.18 Å². The number of carbonyl (C=O) groups is 1. The van der Waals surface area contributed by atoms with Crippen LogP contribution in [0.1, 0.15) is 59.3 Å². The number of hydrogen-bond acceptors (Lipinski definition) is 8. The first-order chi connectivity index (χ1) is 20.6. The Kier molecular flexibility index (Phi) is 7.12. The molecule has 9 nitrogen and oxygen atoms in total. The van der Waals surface area contributed by atoms with Crippen LogP contribution in [0.2, 0.25) is 5.02 Å². The van der Waals surface area contributed by atoms with Crippen molar-refractivity contribution in [2.75, 3.05) is 37.7 Å². The highest BCUT2D eigenvalue weighted by molar-refractivity contribution is 6.33. The molecule has 2 bridgehead atoms. The largest absolute Gasteiger partial charge is 0.461 e. The van der Waals surface area contributed by atoms with Gasteiger partial charge in [-0.05, 0) is 78.5 Å². The van der Waals surface area contributed by atoms with Crippen molar-refractivity contribution in [1.29, 1.82) is 0 Å². The molecule has 2 atom stereocenters. The Balaban J connectivity index is 1.26. The smallest absolute Gasteiger partial charge is 0.410 e. The standard InChI is InChI=1S/C32H38ClFN6O3/c1-31(2,3)43-30(41)40-20-10-11-21(40)18-38(17-20)28-23-16-35-26(22-8-4-5-9-24(22)33)25(34)27(23)36-29(37-28)42-19-32-12-6-14-39(32)15-7-13-32/h4-5,8-9,16,20-21H,6-7,10-15,17-19H2,1-3H3. The van der Waals surface area contributed by atoms with Crippen LogP contribution in [-0.4, -0.2) is 86.9 Å². The Morgan fingerprint density at radius 2 is 1.79 bits per heavy atom. The van der Waals surface area contributed by atoms with E-state index in [4.69, 9.17) is 26.1 Å². The van der Waals surface area contributed by atoms with Crippen molar-refractivity contribution in [1.82, 2.24) is 24.8 Å². The van der Waals surface area contributed by atoms with Crippen LogP contribution >= 0.6 is 11.6 Å². The minimum atomic E-state index is -0.570. The summed E-state index contributed by atoms with van der Waals surface area (Å²) in [5.41, 5.74) is 0.218. The maximum absolute atomic E-state index is 16.3. The van der Waals surface area contributed by atoms with Crippen LogP contribution in [0.15, 0.2) is 30.5 Å². The predicted molar refractivity (Wildman–Crippen MR) is 163 cm³/mol. The number of benzene rings is 1. The quantitative estimate of drug-likeness (QED) is 0.345. The SMILES string of the molecule is CC(C)(C)OC(=O)N1C2CCC1CN(c1nc(OCC34CCCN3CCC4)nc3c(F)c(-c4ccccc4Cl)ncc13)C2. The van der Waals surface area contributed by atoms with E-state index < -0.39 is 11.4 Å². The highest BCUT2D eigenvalue weighted by Gasteiger charge is 2.46. The first-order valence-electron chi connectivity index (χ1n) is 15.4. The predicted octanol–water partition coefficient (Wildman–Crippen LogP) is 6.08. The van der Waals surface area contributed by atoms with E-state index in [1.807, 2.05) is 25.7 Å². The van der Waals surface area contributed by atoms with Crippen molar-refractivity contribution in [3.05, 3.63) is 41.3 Å². The summed E-state index contributed by atoms with van der Waals surface area (Å²) in [5, 5.41) is 0.919. The van der Waals surface area contributed by atoms with Crippen molar-refractivity contribution in [2.24, 2.45) is 0 Å². The lowest BCUT2D eigenvalue weighted by Crippen LogP contribution is -2.57. The number of piperazine rings is 1. The zero-order valence-corrected chi connectivity index (χ0v) is 25.7. The van der Waals surface area contributed by atoms with Crippen LogP contribution in [0.4, 0.5) is 15.0 Å². The zero-order chi connectivity index (χ0) is 29.9. The molecule has 4 fully saturated rings. The lowest BCUT2D eigenvalue weighted by atomic mass is 9.95. The number of aromatic nitrogens is 3. The van der Waals surface area contributed by atoms with Crippen LogP contribution in [-0.2, 0) is 4.74 Å². The number of fused-ring (bicyclic) bond motifs is 4. The second-order valence-corrected chi connectivity index (χ2v) is 13.8. The summed E-state index contributed by atoms with van der Waals surface area (Å²) in [7, 11) is 0. The molecule has 7 rings (SSSR count). The van der Waals surface area contributed by atoms with Crippen molar-refractivity contribution >= 4 is 34.4 Å². The van der Waals surface area contributed by atoms with E-state index in [1.54, 1.807) is 30.5 Å². The number of rotatable bonds is 5. The summed E-state index contributed by atoms with van der Waals surface area (Å²) in [4.78, 5) is 33.7. The molecule has 4 aliphatic heterocycles. The van der Waals surface area contributed by atoms with Gasteiger partial charge in [0.15, 0.2) is 5.82 Å². The van der Waals surface area contributed by atoms with E-state index in [1.165, 1.54) is 0 Å². The molecule has 3 aromatic rings. The van der Waals surface area contributed by atoms with Gasteiger partial charge in [-0.15, -0.1) is 0 Å². The fourth-order valence-corrected chi connectivity index (χ4v) is 7.74. The van der Waals surface area contributed by atoms with E-state index in [9.17, 15) is 4.79 Å². The van der Waals surface area contributed by atoms with Gasteiger partial charge in [0.2, 0.25) is 0 Å². The van der Waals surface area contributed by atoms with Crippen molar-refractivity contribution < 1.29 is 18.7 Å². The Bertz CT molecular complexity index is 1540. The molecule has 1 aromatic carbocycles. The molecule has 0 N–H and O–H groups in total. The number of carbonyl (C=O) groups excluding carboxylic acids is 1. The molecule has 0 radical (unpaired) electrons. The zero-order valence-electron chi connectivity index (χ0n) is 25.0. The van der Waals surface area contributed by atoms with Gasteiger partial charge in [-0.2, -0.15) is 9.97 Å². The maximum Gasteiger partial charge on any atom is 0.410 e. The molecule has 11 heteroatoms. The molecule has 228 valence electrons. The number of halogens is 2. The highest BCUT2D eigenvalue weighted by atomic mass is 35.5. The van der Waals surface area contributed by atoms with Gasteiger partial charge in [0.1, 0.15) is 29.2 Å². The number of pyridine rings is 1. The summed E-state index contributed by atoms with van der Waals surface area (Å²) >= 11 is 6.44. The third-order valence-corrected chi connectivity index (χ3v) is 9.77. The molecular weight excluding hydrogens is 571 g/mol. The summed E-state index contributed by atoms with van der Waals surface area (Å²) in [6.07, 6.45) is 7.55. The number of nitrogens with zero attached hydrogens (tertiary/aromatic N) is 6. The molecule has 0 spiro atoms. The van der Waals surface area contributed by atoms with Gasteiger partial charge in [0, 0.05) is 24.8 Å². The number of ether oxygens (including phenoxy) is 2. The molecule has 0 aliphatic carbocycles. The highest BCUT2D eigenvalue weighted by Crippen LogP contribution is 2.41. The molecule has 43 heavy (non-hydrogen) atoms. The monoisotopic (exact) mass is 608 g/mol. The van der Waals surface area contributed by atoms with Crippen molar-refractivity contribution in [3.63, 3.8) is 0 Å². The van der Waals surface area contributed by atoms with Crippen LogP contribution in [0.5, 0.6) is 6.01 Å².